The molecule has 0 aliphatic rings. The molecule has 4 aromatic rings. The van der Waals surface area contributed by atoms with E-state index >= 15 is 0 Å². The van der Waals surface area contributed by atoms with Crippen LogP contribution in [0.3, 0.4) is 0 Å². The molecule has 0 saturated carbocycles. The van der Waals surface area contributed by atoms with E-state index in [9.17, 15) is 4.79 Å². The van der Waals surface area contributed by atoms with Crippen molar-refractivity contribution in [2.75, 3.05) is 12.4 Å². The molecule has 1 aromatic heterocycles. The first-order valence-electron chi connectivity index (χ1n) is 9.09. The van der Waals surface area contributed by atoms with Gasteiger partial charge in [-0.2, -0.15) is 4.98 Å². The monoisotopic (exact) mass is 385 g/mol. The Kier molecular flexibility index (Phi) is 5.07. The topological polar surface area (TPSA) is 77.3 Å². The number of amides is 1. The molecule has 4 rings (SSSR count). The Morgan fingerprint density at radius 3 is 2.52 bits per heavy atom. The van der Waals surface area contributed by atoms with Crippen molar-refractivity contribution in [2.45, 2.75) is 6.92 Å². The minimum absolute atomic E-state index is 0.162. The fraction of sp³-hybridized carbons (Fsp3) is 0.0870. The fourth-order valence-corrected chi connectivity index (χ4v) is 2.95. The van der Waals surface area contributed by atoms with Crippen LogP contribution in [0.25, 0.3) is 22.8 Å². The minimum Gasteiger partial charge on any atom is -0.497 e. The summed E-state index contributed by atoms with van der Waals surface area (Å²) >= 11 is 0. The Morgan fingerprint density at radius 1 is 0.966 bits per heavy atom. The lowest BCUT2D eigenvalue weighted by Gasteiger charge is -2.08. The quantitative estimate of drug-likeness (QED) is 0.525. The number of carbonyl (C=O) groups is 1. The zero-order valence-corrected chi connectivity index (χ0v) is 16.0. The van der Waals surface area contributed by atoms with E-state index in [1.165, 1.54) is 0 Å². The lowest BCUT2D eigenvalue weighted by Crippen LogP contribution is -2.13. The van der Waals surface area contributed by atoms with E-state index in [1.54, 1.807) is 13.2 Å². The van der Waals surface area contributed by atoms with Crippen LogP contribution in [0, 0.1) is 6.92 Å². The molecule has 1 N–H and O–H groups in total. The highest BCUT2D eigenvalue weighted by Crippen LogP contribution is 2.25. The molecule has 6 nitrogen and oxygen atoms in total. The largest absolute Gasteiger partial charge is 0.497 e. The summed E-state index contributed by atoms with van der Waals surface area (Å²) in [7, 11) is 1.62. The lowest BCUT2D eigenvalue weighted by atomic mass is 10.1. The van der Waals surface area contributed by atoms with Crippen molar-refractivity contribution < 1.29 is 14.1 Å². The third-order valence-electron chi connectivity index (χ3n) is 4.53. The number of aromatic nitrogens is 2. The first kappa shape index (κ1) is 18.4. The predicted molar refractivity (Wildman–Crippen MR) is 111 cm³/mol. The van der Waals surface area contributed by atoms with Gasteiger partial charge in [0.25, 0.3) is 11.8 Å². The third kappa shape index (κ3) is 4.01. The Bertz CT molecular complexity index is 1150. The summed E-state index contributed by atoms with van der Waals surface area (Å²) in [5.41, 5.74) is 3.75. The molecule has 0 aliphatic carbocycles. The van der Waals surface area contributed by atoms with E-state index in [0.29, 0.717) is 23.0 Å². The van der Waals surface area contributed by atoms with Crippen LogP contribution in [-0.4, -0.2) is 23.2 Å². The van der Waals surface area contributed by atoms with Gasteiger partial charge in [-0.15, -0.1) is 0 Å². The third-order valence-corrected chi connectivity index (χ3v) is 4.53. The Morgan fingerprint density at radius 2 is 1.76 bits per heavy atom. The number of hydrogen-bond donors (Lipinski definition) is 1. The summed E-state index contributed by atoms with van der Waals surface area (Å²) in [6.45, 7) is 1.91. The summed E-state index contributed by atoms with van der Waals surface area (Å²) in [5, 5.41) is 6.97. The lowest BCUT2D eigenvalue weighted by molar-refractivity contribution is 0.102. The molecule has 0 radical (unpaired) electrons. The number of anilines is 1. The van der Waals surface area contributed by atoms with Crippen molar-refractivity contribution in [3.05, 3.63) is 83.9 Å². The van der Waals surface area contributed by atoms with Gasteiger partial charge in [-0.05, 0) is 61.0 Å². The van der Waals surface area contributed by atoms with Gasteiger partial charge < -0.3 is 14.6 Å². The molecule has 1 amide bonds. The SMILES string of the molecule is COc1ccc(-c2noc(-c3cccc(NC(=O)c4ccccc4C)c3)n2)cc1. The van der Waals surface area contributed by atoms with Gasteiger partial charge in [0.15, 0.2) is 0 Å². The van der Waals surface area contributed by atoms with E-state index in [-0.39, 0.29) is 5.91 Å². The van der Waals surface area contributed by atoms with Crippen LogP contribution in [0.1, 0.15) is 15.9 Å². The highest BCUT2D eigenvalue weighted by atomic mass is 16.5. The number of rotatable bonds is 5. The molecule has 0 bridgehead atoms. The predicted octanol–water partition coefficient (Wildman–Crippen LogP) is 4.97. The summed E-state index contributed by atoms with van der Waals surface area (Å²) in [6.07, 6.45) is 0. The average Bonchev–Trinajstić information content (AvgIpc) is 3.24. The van der Waals surface area contributed by atoms with Gasteiger partial charge in [0.2, 0.25) is 5.82 Å². The smallest absolute Gasteiger partial charge is 0.258 e. The van der Waals surface area contributed by atoms with Crippen molar-refractivity contribution in [1.29, 1.82) is 0 Å². The van der Waals surface area contributed by atoms with Crippen molar-refractivity contribution in [1.82, 2.24) is 10.1 Å². The van der Waals surface area contributed by atoms with Crippen molar-refractivity contribution in [3.63, 3.8) is 0 Å². The molecule has 6 heteroatoms. The molecule has 0 saturated heterocycles. The van der Waals surface area contributed by atoms with Crippen LogP contribution in [0.4, 0.5) is 5.69 Å². The molecule has 0 spiro atoms. The molecule has 29 heavy (non-hydrogen) atoms. The number of benzene rings is 3. The highest BCUT2D eigenvalue weighted by molar-refractivity contribution is 6.05. The molecular formula is C23H19N3O3. The number of nitrogens with one attached hydrogen (secondary N) is 1. The van der Waals surface area contributed by atoms with Gasteiger partial charge in [0.1, 0.15) is 5.75 Å². The van der Waals surface area contributed by atoms with Gasteiger partial charge in [0.05, 0.1) is 7.11 Å². The summed E-state index contributed by atoms with van der Waals surface area (Å²) in [6, 6.07) is 22.2. The van der Waals surface area contributed by atoms with E-state index < -0.39 is 0 Å². The minimum atomic E-state index is -0.162. The van der Waals surface area contributed by atoms with E-state index in [1.807, 2.05) is 73.7 Å². The van der Waals surface area contributed by atoms with Crippen molar-refractivity contribution >= 4 is 11.6 Å². The first-order chi connectivity index (χ1) is 14.1. The van der Waals surface area contributed by atoms with Crippen LogP contribution >= 0.6 is 0 Å². The van der Waals surface area contributed by atoms with Gasteiger partial charge in [-0.1, -0.05) is 29.4 Å². The van der Waals surface area contributed by atoms with Crippen LogP contribution < -0.4 is 10.1 Å². The van der Waals surface area contributed by atoms with Crippen LogP contribution in [0.5, 0.6) is 5.75 Å². The number of methoxy groups -OCH3 is 1. The van der Waals surface area contributed by atoms with Crippen LogP contribution in [0.15, 0.2) is 77.3 Å². The highest BCUT2D eigenvalue weighted by Gasteiger charge is 2.13. The summed E-state index contributed by atoms with van der Waals surface area (Å²) in [4.78, 5) is 17.0. The molecule has 0 fully saturated rings. The first-order valence-corrected chi connectivity index (χ1v) is 9.09. The zero-order chi connectivity index (χ0) is 20.2. The van der Waals surface area contributed by atoms with E-state index in [2.05, 4.69) is 15.5 Å². The Labute approximate surface area is 168 Å². The normalized spacial score (nSPS) is 10.6. The van der Waals surface area contributed by atoms with Gasteiger partial charge in [0, 0.05) is 22.4 Å². The molecule has 0 atom stereocenters. The van der Waals surface area contributed by atoms with Gasteiger partial charge >= 0.3 is 0 Å². The second-order valence-corrected chi connectivity index (χ2v) is 6.50. The van der Waals surface area contributed by atoms with Gasteiger partial charge in [-0.25, -0.2) is 0 Å². The molecule has 1 heterocycles. The van der Waals surface area contributed by atoms with Crippen LogP contribution in [0.2, 0.25) is 0 Å². The molecule has 144 valence electrons. The van der Waals surface area contributed by atoms with Crippen LogP contribution in [-0.2, 0) is 0 Å². The van der Waals surface area contributed by atoms with Crippen molar-refractivity contribution in [2.24, 2.45) is 0 Å². The van der Waals surface area contributed by atoms with E-state index in [4.69, 9.17) is 9.26 Å². The zero-order valence-electron chi connectivity index (χ0n) is 16.0. The maximum atomic E-state index is 12.6. The standard InChI is InChI=1S/C23H19N3O3/c1-15-6-3-4-9-20(15)22(27)24-18-8-5-7-17(14-18)23-25-21(26-29-23)16-10-12-19(28-2)13-11-16/h3-14H,1-2H3,(H,24,27). The maximum Gasteiger partial charge on any atom is 0.258 e. The number of nitrogens with zero attached hydrogens (tertiary/aromatic N) is 2. The Balaban J connectivity index is 1.55. The molecular weight excluding hydrogens is 366 g/mol. The maximum absolute atomic E-state index is 12.6. The molecule has 0 unspecified atom stereocenters. The number of ether oxygens (including phenoxy) is 1. The number of carbonyl (C=O) groups excluding carboxylic acids is 1. The fourth-order valence-electron chi connectivity index (χ4n) is 2.95. The van der Waals surface area contributed by atoms with Crippen molar-refractivity contribution in [3.8, 4) is 28.6 Å². The molecule has 0 aliphatic heterocycles. The number of hydrogen-bond acceptors (Lipinski definition) is 5. The van der Waals surface area contributed by atoms with Gasteiger partial charge in [-0.3, -0.25) is 4.79 Å². The average molecular weight is 385 g/mol. The summed E-state index contributed by atoms with van der Waals surface area (Å²) < 4.78 is 10.6. The summed E-state index contributed by atoms with van der Waals surface area (Å²) in [5.74, 6) is 1.46. The second kappa shape index (κ2) is 7.98. The van der Waals surface area contributed by atoms with E-state index in [0.717, 1.165) is 22.4 Å². The Hall–Kier alpha value is -3.93. The number of aryl methyl sites for hydroxylation is 1. The second-order valence-electron chi connectivity index (χ2n) is 6.50. The molecule has 3 aromatic carbocycles.